The molecule has 1 fully saturated rings. The average Bonchev–Trinajstić information content (AvgIpc) is 1.92. The summed E-state index contributed by atoms with van der Waals surface area (Å²) in [6.07, 6.45) is -1.51. The molecule has 0 aromatic heterocycles. The molecule has 7 heteroatoms. The van der Waals surface area contributed by atoms with Crippen molar-refractivity contribution in [1.29, 1.82) is 0 Å². The van der Waals surface area contributed by atoms with Gasteiger partial charge in [-0.3, -0.25) is 0 Å². The second-order valence-electron chi connectivity index (χ2n) is 3.07. The van der Waals surface area contributed by atoms with Crippen LogP contribution in [0.15, 0.2) is 0 Å². The Labute approximate surface area is 99.2 Å². The molecule has 3 atom stereocenters. The van der Waals surface area contributed by atoms with Gasteiger partial charge in [-0.15, -0.1) is 0 Å². The van der Waals surface area contributed by atoms with Gasteiger partial charge in [0.25, 0.3) is 0 Å². The minimum Gasteiger partial charge on any atom is -0.748 e. The quantitative estimate of drug-likeness (QED) is 0.343. The first-order valence-electron chi connectivity index (χ1n) is 3.72. The summed E-state index contributed by atoms with van der Waals surface area (Å²) in [5.74, 6) is 0. The Morgan fingerprint density at radius 2 is 1.77 bits per heavy atom. The second kappa shape index (κ2) is 5.06. The fraction of sp³-hybridized carbons (Fsp3) is 1.00. The van der Waals surface area contributed by atoms with E-state index in [1.807, 2.05) is 0 Å². The van der Waals surface area contributed by atoms with E-state index in [1.165, 1.54) is 0 Å². The minimum atomic E-state index is -4.47. The first-order chi connectivity index (χ1) is 5.41. The summed E-state index contributed by atoms with van der Waals surface area (Å²) in [6, 6.07) is 0. The van der Waals surface area contributed by atoms with Crippen LogP contribution in [0.5, 0.6) is 0 Å². The fourth-order valence-corrected chi connectivity index (χ4v) is 2.38. The molecule has 0 saturated heterocycles. The third-order valence-corrected chi connectivity index (χ3v) is 3.35. The van der Waals surface area contributed by atoms with Gasteiger partial charge in [0.2, 0.25) is 0 Å². The van der Waals surface area contributed by atoms with Crippen LogP contribution in [0.25, 0.3) is 0 Å². The largest absolute Gasteiger partial charge is 1.00 e. The zero-order chi connectivity index (χ0) is 9.35. The molecule has 2 N–H and O–H groups in total. The van der Waals surface area contributed by atoms with E-state index in [0.29, 0.717) is 6.42 Å². The Kier molecular flexibility index (Phi) is 5.39. The van der Waals surface area contributed by atoms with Crippen molar-refractivity contribution in [3.05, 3.63) is 0 Å². The van der Waals surface area contributed by atoms with Gasteiger partial charge in [-0.25, -0.2) is 8.42 Å². The van der Waals surface area contributed by atoms with Gasteiger partial charge in [-0.05, 0) is 19.3 Å². The Balaban J connectivity index is 0.00000144. The van der Waals surface area contributed by atoms with Gasteiger partial charge in [-0.2, -0.15) is 0 Å². The maximum Gasteiger partial charge on any atom is 1.00 e. The summed E-state index contributed by atoms with van der Waals surface area (Å²) in [4.78, 5) is 0. The Hall–Kier alpha value is 0.830. The van der Waals surface area contributed by atoms with Crippen LogP contribution in [0, 0.1) is 0 Å². The van der Waals surface area contributed by atoms with Gasteiger partial charge in [0.05, 0.1) is 17.5 Å². The van der Waals surface area contributed by atoms with E-state index >= 15 is 0 Å². The molecule has 0 aromatic rings. The summed E-state index contributed by atoms with van der Waals surface area (Å²) in [5.41, 5.74) is 0. The van der Waals surface area contributed by atoms with Gasteiger partial charge >= 0.3 is 29.6 Å². The molecule has 72 valence electrons. The Morgan fingerprint density at radius 3 is 2.15 bits per heavy atom. The van der Waals surface area contributed by atoms with Crippen LogP contribution < -0.4 is 29.6 Å². The fourth-order valence-electron chi connectivity index (χ4n) is 1.40. The zero-order valence-corrected chi connectivity index (χ0v) is 10.2. The third-order valence-electron chi connectivity index (χ3n) is 2.10. The summed E-state index contributed by atoms with van der Waals surface area (Å²) in [5, 5.41) is 16.8. The van der Waals surface area contributed by atoms with Gasteiger partial charge in [-0.1, -0.05) is 0 Å². The van der Waals surface area contributed by atoms with Crippen LogP contribution in [0.4, 0.5) is 0 Å². The molecule has 0 bridgehead atoms. The van der Waals surface area contributed by atoms with Gasteiger partial charge in [0.1, 0.15) is 10.1 Å². The van der Waals surface area contributed by atoms with E-state index in [9.17, 15) is 13.0 Å². The third kappa shape index (κ3) is 3.83. The van der Waals surface area contributed by atoms with Gasteiger partial charge in [0, 0.05) is 0 Å². The molecule has 0 amide bonds. The molecular formula is C6H11NaO5S. The molecule has 0 aliphatic heterocycles. The molecule has 1 saturated carbocycles. The number of aliphatic hydroxyl groups is 2. The zero-order valence-electron chi connectivity index (χ0n) is 7.38. The van der Waals surface area contributed by atoms with Crippen LogP contribution in [-0.4, -0.2) is 40.6 Å². The Bertz CT molecular complexity index is 252. The molecule has 0 spiro atoms. The molecule has 13 heavy (non-hydrogen) atoms. The van der Waals surface area contributed by atoms with Crippen molar-refractivity contribution < 1.29 is 52.7 Å². The predicted octanol–water partition coefficient (Wildman–Crippen LogP) is -4.19. The van der Waals surface area contributed by atoms with Gasteiger partial charge < -0.3 is 14.8 Å². The normalized spacial score (nSPS) is 35.2. The smallest absolute Gasteiger partial charge is 0.748 e. The average molecular weight is 218 g/mol. The van der Waals surface area contributed by atoms with Crippen molar-refractivity contribution in [1.82, 2.24) is 0 Å². The molecule has 1 rings (SSSR count). The first-order valence-corrected chi connectivity index (χ1v) is 5.19. The van der Waals surface area contributed by atoms with Crippen LogP contribution in [0.2, 0.25) is 0 Å². The van der Waals surface area contributed by atoms with Crippen molar-refractivity contribution >= 4 is 10.1 Å². The molecule has 5 nitrogen and oxygen atoms in total. The predicted molar refractivity (Wildman–Crippen MR) is 39.3 cm³/mol. The summed E-state index contributed by atoms with van der Waals surface area (Å²) >= 11 is 0. The maximum atomic E-state index is 10.5. The van der Waals surface area contributed by atoms with Crippen LogP contribution >= 0.6 is 0 Å². The number of aliphatic hydroxyl groups excluding tert-OH is 2. The summed E-state index contributed by atoms with van der Waals surface area (Å²) < 4.78 is 31.5. The van der Waals surface area contributed by atoms with Crippen molar-refractivity contribution in [2.24, 2.45) is 0 Å². The number of rotatable bonds is 1. The molecule has 1 aliphatic rings. The standard InChI is InChI=1S/C6H12O5S.Na/c7-4-1-2-5(8)6(3-4)12(9,10)11;/h4-8H,1-3H2,(H,9,10,11);/q;+1/p-1. The van der Waals surface area contributed by atoms with Gasteiger partial charge in [0.15, 0.2) is 0 Å². The minimum absolute atomic E-state index is 0. The molecular weight excluding hydrogens is 207 g/mol. The van der Waals surface area contributed by atoms with E-state index in [4.69, 9.17) is 10.2 Å². The van der Waals surface area contributed by atoms with Crippen molar-refractivity contribution in [2.45, 2.75) is 36.7 Å². The maximum absolute atomic E-state index is 10.5. The molecule has 3 unspecified atom stereocenters. The van der Waals surface area contributed by atoms with Crippen LogP contribution in [0.1, 0.15) is 19.3 Å². The summed E-state index contributed by atoms with van der Waals surface area (Å²) in [7, 11) is -4.47. The molecule has 0 radical (unpaired) electrons. The number of hydrogen-bond donors (Lipinski definition) is 2. The van der Waals surface area contributed by atoms with Crippen molar-refractivity contribution in [3.63, 3.8) is 0 Å². The van der Waals surface area contributed by atoms with E-state index in [0.717, 1.165) is 0 Å². The first kappa shape index (κ1) is 13.8. The van der Waals surface area contributed by atoms with Crippen LogP contribution in [-0.2, 0) is 10.1 Å². The van der Waals surface area contributed by atoms with Crippen LogP contribution in [0.3, 0.4) is 0 Å². The molecule has 1 aliphatic carbocycles. The summed E-state index contributed by atoms with van der Waals surface area (Å²) in [6.45, 7) is 0. The van der Waals surface area contributed by atoms with E-state index in [-0.39, 0.29) is 42.4 Å². The topological polar surface area (TPSA) is 97.7 Å². The number of hydrogen-bond acceptors (Lipinski definition) is 5. The van der Waals surface area contributed by atoms with E-state index in [2.05, 4.69) is 0 Å². The SMILES string of the molecule is O=S(=O)([O-])C1CC(O)CCC1O.[Na+]. The Morgan fingerprint density at radius 1 is 1.23 bits per heavy atom. The van der Waals surface area contributed by atoms with Crippen molar-refractivity contribution in [3.8, 4) is 0 Å². The van der Waals surface area contributed by atoms with E-state index in [1.54, 1.807) is 0 Å². The monoisotopic (exact) mass is 218 g/mol. The van der Waals surface area contributed by atoms with E-state index < -0.39 is 27.6 Å². The van der Waals surface area contributed by atoms with Crippen molar-refractivity contribution in [2.75, 3.05) is 0 Å². The molecule has 0 aromatic carbocycles. The molecule has 0 heterocycles. The second-order valence-corrected chi connectivity index (χ2v) is 4.66.